The summed E-state index contributed by atoms with van der Waals surface area (Å²) in [6, 6.07) is 5.51. The lowest BCUT2D eigenvalue weighted by Gasteiger charge is -2.13. The zero-order chi connectivity index (χ0) is 18.0. The number of aromatic amines is 1. The Hall–Kier alpha value is -3.54. The molecule has 6 heteroatoms. The molecule has 0 saturated heterocycles. The third kappa shape index (κ3) is 2.74. The average Bonchev–Trinajstić information content (AvgIpc) is 3.05. The van der Waals surface area contributed by atoms with Gasteiger partial charge in [0.2, 0.25) is 0 Å². The number of aliphatic imine (C=N–C) groups is 1. The van der Waals surface area contributed by atoms with E-state index in [0.717, 1.165) is 33.4 Å². The van der Waals surface area contributed by atoms with Gasteiger partial charge in [0.15, 0.2) is 0 Å². The lowest BCUT2D eigenvalue weighted by molar-refractivity contribution is 1.05. The molecule has 0 aliphatic heterocycles. The molecule has 0 radical (unpaired) electrons. The second kappa shape index (κ2) is 6.52. The van der Waals surface area contributed by atoms with Crippen LogP contribution in [0.15, 0.2) is 54.8 Å². The van der Waals surface area contributed by atoms with Crippen LogP contribution in [0.2, 0.25) is 0 Å². The van der Waals surface area contributed by atoms with Crippen LogP contribution in [0, 0.1) is 12.3 Å². The molecule has 0 fully saturated rings. The van der Waals surface area contributed by atoms with E-state index in [4.69, 9.17) is 16.1 Å². The van der Waals surface area contributed by atoms with Gasteiger partial charge in [0, 0.05) is 45.9 Å². The number of nitrogens with two attached hydrogens (primary N) is 1. The highest BCUT2D eigenvalue weighted by Gasteiger charge is 2.16. The van der Waals surface area contributed by atoms with Crippen molar-refractivity contribution in [3.63, 3.8) is 0 Å². The van der Waals surface area contributed by atoms with Crippen LogP contribution in [0.3, 0.4) is 0 Å². The maximum absolute atomic E-state index is 7.76. The monoisotopic (exact) mass is 330 g/mol. The van der Waals surface area contributed by atoms with Crippen molar-refractivity contribution in [2.24, 2.45) is 4.99 Å². The quantitative estimate of drug-likeness (QED) is 0.491. The molecule has 6 nitrogen and oxygen atoms in total. The van der Waals surface area contributed by atoms with Crippen molar-refractivity contribution in [3.05, 3.63) is 66.7 Å². The second-order valence-electron chi connectivity index (χ2n) is 5.47. The van der Waals surface area contributed by atoms with Crippen molar-refractivity contribution in [2.45, 2.75) is 6.92 Å². The largest absolute Gasteiger partial charge is 0.398 e. The van der Waals surface area contributed by atoms with E-state index in [2.05, 4.69) is 28.3 Å². The zero-order valence-electron chi connectivity index (χ0n) is 13.9. The van der Waals surface area contributed by atoms with Gasteiger partial charge in [0.05, 0.1) is 23.1 Å². The first-order valence-corrected chi connectivity index (χ1v) is 7.66. The first-order valence-electron chi connectivity index (χ1n) is 7.66. The Morgan fingerprint density at radius 3 is 2.76 bits per heavy atom. The van der Waals surface area contributed by atoms with Crippen LogP contribution >= 0.6 is 0 Å². The van der Waals surface area contributed by atoms with Crippen LogP contribution in [0.4, 0.5) is 5.69 Å². The van der Waals surface area contributed by atoms with E-state index in [1.165, 1.54) is 12.4 Å². The van der Waals surface area contributed by atoms with E-state index in [0.29, 0.717) is 17.0 Å². The van der Waals surface area contributed by atoms with Gasteiger partial charge in [-0.1, -0.05) is 13.2 Å². The van der Waals surface area contributed by atoms with Crippen molar-refractivity contribution >= 4 is 28.5 Å². The van der Waals surface area contributed by atoms with Gasteiger partial charge in [-0.25, -0.2) is 4.98 Å². The van der Waals surface area contributed by atoms with Gasteiger partial charge >= 0.3 is 0 Å². The van der Waals surface area contributed by atoms with E-state index in [9.17, 15) is 0 Å². The summed E-state index contributed by atoms with van der Waals surface area (Å²) in [5.41, 5.74) is 11.9. The van der Waals surface area contributed by atoms with E-state index in [1.807, 2.05) is 19.1 Å². The number of H-pyrrole nitrogens is 1. The first-order chi connectivity index (χ1) is 12.1. The molecule has 0 aliphatic carbocycles. The number of hydrogen-bond donors (Lipinski definition) is 3. The van der Waals surface area contributed by atoms with Crippen LogP contribution in [0.1, 0.15) is 16.8 Å². The van der Waals surface area contributed by atoms with Crippen molar-refractivity contribution in [3.8, 4) is 11.3 Å². The van der Waals surface area contributed by atoms with Gasteiger partial charge in [0.25, 0.3) is 0 Å². The lowest BCUT2D eigenvalue weighted by atomic mass is 9.96. The molecule has 3 rings (SSSR count). The number of nitrogens with zero attached hydrogens (tertiary/aromatic N) is 3. The first kappa shape index (κ1) is 16.3. The highest BCUT2D eigenvalue weighted by molar-refractivity contribution is 6.20. The van der Waals surface area contributed by atoms with Crippen LogP contribution < -0.4 is 5.73 Å². The molecule has 0 bridgehead atoms. The molecular weight excluding hydrogens is 312 g/mol. The normalized spacial score (nSPS) is 11.5. The highest BCUT2D eigenvalue weighted by atomic mass is 15.1. The minimum Gasteiger partial charge on any atom is -0.398 e. The summed E-state index contributed by atoms with van der Waals surface area (Å²) in [4.78, 5) is 9.04. The smallest absolute Gasteiger partial charge is 0.0750 e. The fourth-order valence-corrected chi connectivity index (χ4v) is 2.81. The summed E-state index contributed by atoms with van der Waals surface area (Å²) in [5, 5.41) is 15.5. The van der Waals surface area contributed by atoms with Gasteiger partial charge in [-0.15, -0.1) is 0 Å². The number of aryl methyl sites for hydroxylation is 1. The van der Waals surface area contributed by atoms with Crippen molar-refractivity contribution in [2.75, 3.05) is 5.73 Å². The highest BCUT2D eigenvalue weighted by Crippen LogP contribution is 2.30. The number of anilines is 1. The molecule has 124 valence electrons. The van der Waals surface area contributed by atoms with Gasteiger partial charge in [-0.05, 0) is 31.2 Å². The number of aromatic nitrogens is 3. The van der Waals surface area contributed by atoms with E-state index < -0.39 is 0 Å². The number of pyridine rings is 1. The number of nitrogens with one attached hydrogen (secondary N) is 2. The standard InChI is InChI=1S/C19H18N6/c1-4-16(22-5-2)12-8-18(14-10-23-25-11(14)3)24-17-7-6-15(21)13(9-20)19(12)17/h4-10,20H,1-2,21H2,3H3,(H,23,25). The summed E-state index contributed by atoms with van der Waals surface area (Å²) >= 11 is 0. The molecule has 4 N–H and O–H groups in total. The summed E-state index contributed by atoms with van der Waals surface area (Å²) in [5.74, 6) is 0. The van der Waals surface area contributed by atoms with Gasteiger partial charge in [-0.2, -0.15) is 5.10 Å². The zero-order valence-corrected chi connectivity index (χ0v) is 13.9. The Morgan fingerprint density at radius 1 is 1.36 bits per heavy atom. The molecule has 2 aromatic heterocycles. The Kier molecular flexibility index (Phi) is 4.26. The Labute approximate surface area is 145 Å². The molecule has 1 aromatic carbocycles. The van der Waals surface area contributed by atoms with E-state index >= 15 is 0 Å². The minimum absolute atomic E-state index is 0.514. The predicted molar refractivity (Wildman–Crippen MR) is 103 cm³/mol. The molecule has 0 saturated carbocycles. The van der Waals surface area contributed by atoms with Gasteiger partial charge in [0.1, 0.15) is 0 Å². The van der Waals surface area contributed by atoms with Crippen molar-refractivity contribution in [1.29, 1.82) is 5.41 Å². The average molecular weight is 330 g/mol. The molecule has 0 aliphatic rings. The molecular formula is C19H18N6. The van der Waals surface area contributed by atoms with Crippen LogP contribution in [0.25, 0.3) is 22.2 Å². The fraction of sp³-hybridized carbons (Fsp3) is 0.0526. The molecule has 3 aromatic rings. The number of rotatable bonds is 5. The number of benzene rings is 1. The fourth-order valence-electron chi connectivity index (χ4n) is 2.81. The van der Waals surface area contributed by atoms with E-state index in [1.54, 1.807) is 18.3 Å². The summed E-state index contributed by atoms with van der Waals surface area (Å²) in [7, 11) is 0. The Bertz CT molecular complexity index is 1030. The van der Waals surface area contributed by atoms with Crippen LogP contribution in [-0.4, -0.2) is 27.1 Å². The summed E-state index contributed by atoms with van der Waals surface area (Å²) in [6.07, 6.45) is 6.09. The summed E-state index contributed by atoms with van der Waals surface area (Å²) < 4.78 is 0. The molecule has 0 unspecified atom stereocenters. The molecule has 2 heterocycles. The predicted octanol–water partition coefficient (Wildman–Crippen LogP) is 3.63. The van der Waals surface area contributed by atoms with Crippen LogP contribution in [0.5, 0.6) is 0 Å². The SMILES string of the molecule is C=CN=C(C=C)c1cc(-c2cn[nH]c2C)nc2ccc(N)c(C=N)c12. The topological polar surface area (TPSA) is 104 Å². The van der Waals surface area contributed by atoms with Crippen molar-refractivity contribution in [1.82, 2.24) is 15.2 Å². The van der Waals surface area contributed by atoms with Crippen LogP contribution in [-0.2, 0) is 0 Å². The molecule has 0 atom stereocenters. The number of nitrogen functional groups attached to an aromatic ring is 1. The minimum atomic E-state index is 0.514. The number of fused-ring (bicyclic) bond motifs is 1. The molecule has 0 amide bonds. The second-order valence-corrected chi connectivity index (χ2v) is 5.47. The lowest BCUT2D eigenvalue weighted by Crippen LogP contribution is -2.04. The third-order valence-corrected chi connectivity index (χ3v) is 4.00. The maximum atomic E-state index is 7.76. The van der Waals surface area contributed by atoms with E-state index in [-0.39, 0.29) is 0 Å². The Morgan fingerprint density at radius 2 is 2.16 bits per heavy atom. The third-order valence-electron chi connectivity index (χ3n) is 4.00. The molecule has 0 spiro atoms. The number of allylic oxidation sites excluding steroid dienone is 1. The van der Waals surface area contributed by atoms with Gasteiger partial charge < -0.3 is 11.1 Å². The number of hydrogen-bond acceptors (Lipinski definition) is 5. The Balaban J connectivity index is 2.46. The van der Waals surface area contributed by atoms with Crippen molar-refractivity contribution < 1.29 is 0 Å². The summed E-state index contributed by atoms with van der Waals surface area (Å²) in [6.45, 7) is 9.45. The maximum Gasteiger partial charge on any atom is 0.0750 e. The van der Waals surface area contributed by atoms with Gasteiger partial charge in [-0.3, -0.25) is 10.1 Å². The molecule has 25 heavy (non-hydrogen) atoms.